The van der Waals surface area contributed by atoms with Crippen LogP contribution in [0.25, 0.3) is 0 Å². The van der Waals surface area contributed by atoms with E-state index in [1.165, 1.54) is 4.90 Å². The number of amides is 2. The highest BCUT2D eigenvalue weighted by atomic mass is 35.5. The molecular weight excluding hydrogens is 474 g/mol. The molecule has 3 heterocycles. The summed E-state index contributed by atoms with van der Waals surface area (Å²) >= 11 is 6.48. The van der Waals surface area contributed by atoms with E-state index in [1.807, 2.05) is 35.2 Å². The van der Waals surface area contributed by atoms with Gasteiger partial charge in [-0.25, -0.2) is 17.5 Å². The highest BCUT2D eigenvalue weighted by Crippen LogP contribution is 2.44. The molecule has 1 fully saturated rings. The van der Waals surface area contributed by atoms with E-state index in [9.17, 15) is 13.2 Å². The van der Waals surface area contributed by atoms with Gasteiger partial charge in [-0.15, -0.1) is 0 Å². The van der Waals surface area contributed by atoms with E-state index in [-0.39, 0.29) is 18.0 Å². The predicted molar refractivity (Wildman–Crippen MR) is 132 cm³/mol. The van der Waals surface area contributed by atoms with Crippen molar-refractivity contribution in [1.29, 1.82) is 0 Å². The first-order valence-electron chi connectivity index (χ1n) is 11.0. The average molecular weight is 498 g/mol. The zero-order valence-corrected chi connectivity index (χ0v) is 20.0. The van der Waals surface area contributed by atoms with Gasteiger partial charge in [-0.1, -0.05) is 41.9 Å². The molecular formula is C24H24ClN5O3S. The SMILES string of the molecule is O=C1N(Cc2ccccc2)c2cc(Cl)cc(N3CCNCC3)c2S(=O)(=O)N1Cc1ccncc1. The average Bonchev–Trinajstić information content (AvgIpc) is 2.86. The molecule has 3 aromatic rings. The first-order valence-corrected chi connectivity index (χ1v) is 12.8. The minimum Gasteiger partial charge on any atom is -0.368 e. The lowest BCUT2D eigenvalue weighted by Gasteiger charge is -2.39. The second-order valence-corrected chi connectivity index (χ2v) is 10.5. The lowest BCUT2D eigenvalue weighted by molar-refractivity contribution is 0.226. The van der Waals surface area contributed by atoms with Crippen molar-refractivity contribution in [2.75, 3.05) is 36.0 Å². The number of pyridine rings is 1. The molecule has 2 aromatic carbocycles. The first kappa shape index (κ1) is 22.6. The van der Waals surface area contributed by atoms with Crippen molar-refractivity contribution in [2.24, 2.45) is 0 Å². The molecule has 2 aliphatic heterocycles. The summed E-state index contributed by atoms with van der Waals surface area (Å²) in [6.07, 6.45) is 3.16. The van der Waals surface area contributed by atoms with E-state index in [4.69, 9.17) is 11.6 Å². The number of carbonyl (C=O) groups is 1. The fraction of sp³-hybridized carbons (Fsp3) is 0.250. The molecule has 8 nitrogen and oxygen atoms in total. The minimum absolute atomic E-state index is 0.0853. The van der Waals surface area contributed by atoms with Gasteiger partial charge >= 0.3 is 6.03 Å². The molecule has 0 atom stereocenters. The Kier molecular flexibility index (Phi) is 6.16. The smallest absolute Gasteiger partial charge is 0.339 e. The standard InChI is InChI=1S/C24H24ClN5O3S/c25-20-14-21(28-12-10-27-11-13-28)23-22(15-20)29(16-18-4-2-1-3-5-18)24(31)30(34(23,32)33)17-19-6-8-26-9-7-19/h1-9,14-15,27H,10-13,16-17H2. The molecule has 0 bridgehead atoms. The van der Waals surface area contributed by atoms with Gasteiger partial charge in [-0.2, -0.15) is 0 Å². The summed E-state index contributed by atoms with van der Waals surface area (Å²) in [5, 5.41) is 3.67. The number of anilines is 2. The number of nitrogens with zero attached hydrogens (tertiary/aromatic N) is 4. The third-order valence-electron chi connectivity index (χ3n) is 6.01. The lowest BCUT2D eigenvalue weighted by Crippen LogP contribution is -2.51. The molecule has 2 aliphatic rings. The van der Waals surface area contributed by atoms with Gasteiger partial charge in [-0.3, -0.25) is 9.88 Å². The largest absolute Gasteiger partial charge is 0.368 e. The van der Waals surface area contributed by atoms with Crippen molar-refractivity contribution in [3.63, 3.8) is 0 Å². The van der Waals surface area contributed by atoms with Crippen LogP contribution >= 0.6 is 11.6 Å². The molecule has 34 heavy (non-hydrogen) atoms. The first-order chi connectivity index (χ1) is 16.4. The Hall–Kier alpha value is -3.14. The maximum atomic E-state index is 14.0. The van der Waals surface area contributed by atoms with Crippen LogP contribution in [0, 0.1) is 0 Å². The Morgan fingerprint density at radius 2 is 1.56 bits per heavy atom. The monoisotopic (exact) mass is 497 g/mol. The van der Waals surface area contributed by atoms with Crippen LogP contribution in [0.15, 0.2) is 71.9 Å². The fourth-order valence-corrected chi connectivity index (χ4v) is 6.28. The summed E-state index contributed by atoms with van der Waals surface area (Å²) in [5.41, 5.74) is 2.39. The van der Waals surface area contributed by atoms with Gasteiger partial charge in [0.25, 0.3) is 10.0 Å². The quantitative estimate of drug-likeness (QED) is 0.581. The molecule has 0 spiro atoms. The molecule has 176 valence electrons. The van der Waals surface area contributed by atoms with Crippen molar-refractivity contribution < 1.29 is 13.2 Å². The summed E-state index contributed by atoms with van der Waals surface area (Å²) in [6.45, 7) is 2.87. The maximum absolute atomic E-state index is 14.0. The number of halogens is 1. The fourth-order valence-electron chi connectivity index (χ4n) is 4.35. The summed E-state index contributed by atoms with van der Waals surface area (Å²) in [4.78, 5) is 21.3. The van der Waals surface area contributed by atoms with Crippen LogP contribution in [0.5, 0.6) is 0 Å². The van der Waals surface area contributed by atoms with Crippen LogP contribution in [0.2, 0.25) is 5.02 Å². The number of hydrogen-bond donors (Lipinski definition) is 1. The summed E-state index contributed by atoms with van der Waals surface area (Å²) < 4.78 is 28.9. The molecule has 10 heteroatoms. The topological polar surface area (TPSA) is 85.8 Å². The van der Waals surface area contributed by atoms with Crippen LogP contribution in [0.4, 0.5) is 16.2 Å². The highest BCUT2D eigenvalue weighted by molar-refractivity contribution is 7.90. The molecule has 0 aliphatic carbocycles. The normalized spacial score (nSPS) is 17.6. The van der Waals surface area contributed by atoms with E-state index in [0.29, 0.717) is 35.1 Å². The lowest BCUT2D eigenvalue weighted by atomic mass is 10.1. The summed E-state index contributed by atoms with van der Waals surface area (Å²) in [7, 11) is -4.15. The van der Waals surface area contributed by atoms with E-state index < -0.39 is 16.1 Å². The molecule has 2 amide bonds. The molecule has 1 N–H and O–H groups in total. The summed E-state index contributed by atoms with van der Waals surface area (Å²) in [6, 6.07) is 15.6. The van der Waals surface area contributed by atoms with Gasteiger partial charge < -0.3 is 10.2 Å². The Balaban J connectivity index is 1.68. The Bertz CT molecular complexity index is 1300. The number of carbonyl (C=O) groups excluding carboxylic acids is 1. The second-order valence-electron chi connectivity index (χ2n) is 8.23. The number of hydrogen-bond acceptors (Lipinski definition) is 6. The zero-order valence-electron chi connectivity index (χ0n) is 18.4. The van der Waals surface area contributed by atoms with E-state index in [0.717, 1.165) is 23.0 Å². The van der Waals surface area contributed by atoms with Crippen molar-refractivity contribution in [3.8, 4) is 0 Å². The van der Waals surface area contributed by atoms with Gasteiger partial charge in [0.1, 0.15) is 4.90 Å². The predicted octanol–water partition coefficient (Wildman–Crippen LogP) is 3.48. The van der Waals surface area contributed by atoms with E-state index in [2.05, 4.69) is 10.3 Å². The number of piperazine rings is 1. The third-order valence-corrected chi connectivity index (χ3v) is 8.03. The molecule has 0 radical (unpaired) electrons. The molecule has 1 aromatic heterocycles. The van der Waals surface area contributed by atoms with Crippen molar-refractivity contribution in [3.05, 3.63) is 83.1 Å². The number of rotatable bonds is 5. The summed E-state index contributed by atoms with van der Waals surface area (Å²) in [5.74, 6) is 0. The van der Waals surface area contributed by atoms with Gasteiger partial charge in [-0.05, 0) is 35.4 Å². The van der Waals surface area contributed by atoms with Gasteiger partial charge in [0, 0.05) is 43.6 Å². The van der Waals surface area contributed by atoms with Gasteiger partial charge in [0.15, 0.2) is 0 Å². The van der Waals surface area contributed by atoms with Crippen molar-refractivity contribution >= 4 is 39.0 Å². The Morgan fingerprint density at radius 1 is 0.912 bits per heavy atom. The number of nitrogens with one attached hydrogen (secondary N) is 1. The number of aromatic nitrogens is 1. The Morgan fingerprint density at radius 3 is 2.26 bits per heavy atom. The van der Waals surface area contributed by atoms with Crippen molar-refractivity contribution in [2.45, 2.75) is 18.0 Å². The number of benzene rings is 2. The van der Waals surface area contributed by atoms with Crippen LogP contribution in [-0.2, 0) is 23.1 Å². The molecule has 0 unspecified atom stereocenters. The van der Waals surface area contributed by atoms with Crippen LogP contribution in [-0.4, -0.2) is 49.9 Å². The van der Waals surface area contributed by atoms with Gasteiger partial charge in [0.2, 0.25) is 0 Å². The van der Waals surface area contributed by atoms with Crippen LogP contribution in [0.1, 0.15) is 11.1 Å². The second kappa shape index (κ2) is 9.25. The van der Waals surface area contributed by atoms with E-state index >= 15 is 0 Å². The maximum Gasteiger partial charge on any atom is 0.339 e. The van der Waals surface area contributed by atoms with E-state index in [1.54, 1.807) is 36.7 Å². The minimum atomic E-state index is -4.15. The van der Waals surface area contributed by atoms with Gasteiger partial charge in [0.05, 0.1) is 24.5 Å². The molecule has 5 rings (SSSR count). The number of fused-ring (bicyclic) bond motifs is 1. The zero-order chi connectivity index (χ0) is 23.7. The number of urea groups is 1. The molecule has 1 saturated heterocycles. The Labute approximate surface area is 203 Å². The van der Waals surface area contributed by atoms with Crippen LogP contribution < -0.4 is 15.1 Å². The number of sulfonamides is 1. The highest BCUT2D eigenvalue weighted by Gasteiger charge is 2.44. The van der Waals surface area contributed by atoms with Crippen molar-refractivity contribution in [1.82, 2.24) is 14.6 Å². The third kappa shape index (κ3) is 4.22. The molecule has 0 saturated carbocycles. The van der Waals surface area contributed by atoms with Crippen LogP contribution in [0.3, 0.4) is 0 Å².